The fourth-order valence-corrected chi connectivity index (χ4v) is 3.10. The average Bonchev–Trinajstić information content (AvgIpc) is 3.39. The highest BCUT2D eigenvalue weighted by Crippen LogP contribution is 2.16. The molecule has 2 aromatic carbocycles. The number of halogens is 2. The van der Waals surface area contributed by atoms with Crippen LogP contribution < -0.4 is 5.56 Å². The Labute approximate surface area is 172 Å². The van der Waals surface area contributed by atoms with Gasteiger partial charge in [0.1, 0.15) is 24.5 Å². The summed E-state index contributed by atoms with van der Waals surface area (Å²) >= 11 is 0. The lowest BCUT2D eigenvalue weighted by Gasteiger charge is -2.03. The number of benzene rings is 2. The van der Waals surface area contributed by atoms with Crippen molar-refractivity contribution in [3.8, 4) is 11.4 Å². The zero-order valence-electron chi connectivity index (χ0n) is 15.8. The third-order valence-electron chi connectivity index (χ3n) is 4.59. The molecule has 0 unspecified atom stereocenters. The summed E-state index contributed by atoms with van der Waals surface area (Å²) < 4.78 is 34.4. The van der Waals surface area contributed by atoms with Gasteiger partial charge in [0.05, 0.1) is 6.54 Å². The molecule has 5 aromatic rings. The first-order valence-electron chi connectivity index (χ1n) is 9.18. The predicted octanol–water partition coefficient (Wildman–Crippen LogP) is 2.41. The minimum Gasteiger partial charge on any atom is -0.337 e. The summed E-state index contributed by atoms with van der Waals surface area (Å²) in [5.41, 5.74) is 1.16. The van der Waals surface area contributed by atoms with E-state index in [9.17, 15) is 13.6 Å². The Kier molecular flexibility index (Phi) is 4.54. The van der Waals surface area contributed by atoms with Crippen molar-refractivity contribution in [3.05, 3.63) is 88.3 Å². The van der Waals surface area contributed by atoms with Gasteiger partial charge in [0.25, 0.3) is 5.56 Å². The van der Waals surface area contributed by atoms with Crippen molar-refractivity contribution in [2.75, 3.05) is 0 Å². The summed E-state index contributed by atoms with van der Waals surface area (Å²) in [7, 11) is 0. The maximum atomic E-state index is 13.4. The zero-order valence-corrected chi connectivity index (χ0v) is 15.8. The van der Waals surface area contributed by atoms with E-state index >= 15 is 0 Å². The Balaban J connectivity index is 1.41. The van der Waals surface area contributed by atoms with Crippen LogP contribution in [0.3, 0.4) is 0 Å². The van der Waals surface area contributed by atoms with Crippen LogP contribution in [0.5, 0.6) is 0 Å². The fourth-order valence-electron chi connectivity index (χ4n) is 3.10. The van der Waals surface area contributed by atoms with Crippen LogP contribution in [0.25, 0.3) is 22.6 Å². The van der Waals surface area contributed by atoms with E-state index < -0.39 is 5.56 Å². The highest BCUT2D eigenvalue weighted by atomic mass is 19.1. The Morgan fingerprint density at radius 3 is 2.65 bits per heavy atom. The molecule has 0 bridgehead atoms. The van der Waals surface area contributed by atoms with Crippen LogP contribution in [0.2, 0.25) is 0 Å². The first kappa shape index (κ1) is 18.7. The summed E-state index contributed by atoms with van der Waals surface area (Å²) in [4.78, 5) is 21.3. The van der Waals surface area contributed by atoms with Gasteiger partial charge in [-0.05, 0) is 42.0 Å². The fraction of sp³-hybridized carbons (Fsp3) is 0.100. The Morgan fingerprint density at radius 2 is 1.84 bits per heavy atom. The van der Waals surface area contributed by atoms with E-state index in [4.69, 9.17) is 4.52 Å². The lowest BCUT2D eigenvalue weighted by atomic mass is 10.2. The van der Waals surface area contributed by atoms with E-state index in [0.29, 0.717) is 11.1 Å². The third kappa shape index (κ3) is 3.68. The predicted molar refractivity (Wildman–Crippen MR) is 104 cm³/mol. The van der Waals surface area contributed by atoms with Crippen molar-refractivity contribution < 1.29 is 13.3 Å². The van der Waals surface area contributed by atoms with Crippen molar-refractivity contribution in [2.24, 2.45) is 0 Å². The summed E-state index contributed by atoms with van der Waals surface area (Å²) in [6.07, 6.45) is 1.33. The van der Waals surface area contributed by atoms with Crippen LogP contribution in [0.4, 0.5) is 8.78 Å². The van der Waals surface area contributed by atoms with E-state index in [2.05, 4.69) is 25.4 Å². The molecule has 3 aromatic heterocycles. The third-order valence-corrected chi connectivity index (χ3v) is 4.59. The van der Waals surface area contributed by atoms with Gasteiger partial charge in [-0.3, -0.25) is 9.36 Å². The molecule has 3 heterocycles. The van der Waals surface area contributed by atoms with Crippen LogP contribution >= 0.6 is 0 Å². The maximum Gasteiger partial charge on any atom is 0.283 e. The van der Waals surface area contributed by atoms with Crippen molar-refractivity contribution in [1.82, 2.24) is 34.7 Å². The molecule has 11 heteroatoms. The molecule has 0 amide bonds. The molecule has 0 aliphatic carbocycles. The van der Waals surface area contributed by atoms with Gasteiger partial charge in [0, 0.05) is 5.56 Å². The topological polar surface area (TPSA) is 105 Å². The van der Waals surface area contributed by atoms with Crippen LogP contribution in [0.15, 0.2) is 64.2 Å². The van der Waals surface area contributed by atoms with Gasteiger partial charge in [-0.15, -0.1) is 5.10 Å². The SMILES string of the molecule is O=c1c2nnn(Cc3cccc(F)c3)c2ncn1Cc1nc(-c2ccc(F)cc2)no1. The van der Waals surface area contributed by atoms with Gasteiger partial charge in [0.15, 0.2) is 11.2 Å². The first-order valence-corrected chi connectivity index (χ1v) is 9.18. The molecule has 5 rings (SSSR count). The van der Waals surface area contributed by atoms with Gasteiger partial charge >= 0.3 is 0 Å². The molecule has 0 saturated heterocycles. The van der Waals surface area contributed by atoms with Gasteiger partial charge < -0.3 is 4.52 Å². The molecule has 0 saturated carbocycles. The number of hydrogen-bond donors (Lipinski definition) is 0. The monoisotopic (exact) mass is 421 g/mol. The Morgan fingerprint density at radius 1 is 1.00 bits per heavy atom. The second-order valence-electron chi connectivity index (χ2n) is 6.75. The summed E-state index contributed by atoms with van der Waals surface area (Å²) in [5, 5.41) is 11.7. The van der Waals surface area contributed by atoms with Gasteiger partial charge in [-0.25, -0.2) is 18.4 Å². The molecule has 0 N–H and O–H groups in total. The smallest absolute Gasteiger partial charge is 0.283 e. The summed E-state index contributed by atoms with van der Waals surface area (Å²) in [5.74, 6) is -0.284. The number of hydrogen-bond acceptors (Lipinski definition) is 7. The largest absolute Gasteiger partial charge is 0.337 e. The lowest BCUT2D eigenvalue weighted by Crippen LogP contribution is -2.21. The number of rotatable bonds is 5. The zero-order chi connectivity index (χ0) is 21.4. The maximum absolute atomic E-state index is 13.4. The summed E-state index contributed by atoms with van der Waals surface area (Å²) in [6, 6.07) is 11.7. The minimum atomic E-state index is -0.433. The van der Waals surface area contributed by atoms with Crippen LogP contribution in [0, 0.1) is 11.6 Å². The van der Waals surface area contributed by atoms with Crippen molar-refractivity contribution in [2.45, 2.75) is 13.1 Å². The van der Waals surface area contributed by atoms with E-state index in [1.807, 2.05) is 0 Å². The van der Waals surface area contributed by atoms with E-state index in [1.165, 1.54) is 52.0 Å². The average molecular weight is 421 g/mol. The number of aromatic nitrogens is 7. The second kappa shape index (κ2) is 7.52. The molecular weight excluding hydrogens is 408 g/mol. The van der Waals surface area contributed by atoms with Crippen LogP contribution in [-0.4, -0.2) is 34.7 Å². The minimum absolute atomic E-state index is 0.0211. The van der Waals surface area contributed by atoms with E-state index in [1.54, 1.807) is 12.1 Å². The molecule has 0 radical (unpaired) electrons. The quantitative estimate of drug-likeness (QED) is 0.429. The molecule has 0 aliphatic rings. The Bertz CT molecular complexity index is 1440. The molecule has 0 atom stereocenters. The molecule has 31 heavy (non-hydrogen) atoms. The Hall–Kier alpha value is -4.28. The highest BCUT2D eigenvalue weighted by Gasteiger charge is 2.15. The normalized spacial score (nSPS) is 11.3. The van der Waals surface area contributed by atoms with E-state index in [-0.39, 0.29) is 47.6 Å². The lowest BCUT2D eigenvalue weighted by molar-refractivity contribution is 0.369. The summed E-state index contributed by atoms with van der Waals surface area (Å²) in [6.45, 7) is 0.197. The first-order chi connectivity index (χ1) is 15.1. The number of fused-ring (bicyclic) bond motifs is 1. The van der Waals surface area contributed by atoms with Crippen molar-refractivity contribution >= 4 is 11.2 Å². The van der Waals surface area contributed by atoms with Gasteiger partial charge in [0.2, 0.25) is 11.7 Å². The van der Waals surface area contributed by atoms with Crippen LogP contribution in [-0.2, 0) is 13.1 Å². The second-order valence-corrected chi connectivity index (χ2v) is 6.75. The molecule has 0 fully saturated rings. The number of nitrogens with zero attached hydrogens (tertiary/aromatic N) is 7. The molecule has 0 aliphatic heterocycles. The standard InChI is InChI=1S/C20H13F2N7O2/c21-14-6-4-13(5-7-14)18-24-16(31-26-18)10-28-11-23-19-17(20(28)30)25-27-29(19)9-12-2-1-3-15(22)8-12/h1-8,11H,9-10H2. The van der Waals surface area contributed by atoms with E-state index in [0.717, 1.165) is 0 Å². The highest BCUT2D eigenvalue weighted by molar-refractivity contribution is 5.67. The molecular formula is C20H13F2N7O2. The molecule has 154 valence electrons. The van der Waals surface area contributed by atoms with Gasteiger partial charge in [-0.2, -0.15) is 4.98 Å². The van der Waals surface area contributed by atoms with Crippen LogP contribution in [0.1, 0.15) is 11.5 Å². The van der Waals surface area contributed by atoms with Crippen molar-refractivity contribution in [1.29, 1.82) is 0 Å². The van der Waals surface area contributed by atoms with Gasteiger partial charge in [-0.1, -0.05) is 22.5 Å². The van der Waals surface area contributed by atoms with Crippen molar-refractivity contribution in [3.63, 3.8) is 0 Å². The molecule has 0 spiro atoms. The molecule has 9 nitrogen and oxygen atoms in total.